The van der Waals surface area contributed by atoms with E-state index in [9.17, 15) is 41.3 Å². The molecule has 14 heteroatoms. The van der Waals surface area contributed by atoms with Crippen molar-refractivity contribution in [2.24, 2.45) is 0 Å². The van der Waals surface area contributed by atoms with Gasteiger partial charge in [-0.25, -0.2) is 0 Å². The number of rotatable bonds is 7. The van der Waals surface area contributed by atoms with Crippen LogP contribution in [-0.4, -0.2) is 72.5 Å². The van der Waals surface area contributed by atoms with Crippen LogP contribution >= 0.6 is 0 Å². The van der Waals surface area contributed by atoms with Crippen molar-refractivity contribution in [2.75, 3.05) is 56.0 Å². The molecule has 2 saturated heterocycles. The molecule has 1 amide bonds. The Hall–Kier alpha value is -3.55. The molecule has 2 aromatic rings. The summed E-state index contributed by atoms with van der Waals surface area (Å²) in [5, 5.41) is 13.9. The Kier molecular flexibility index (Phi) is 8.23. The van der Waals surface area contributed by atoms with Gasteiger partial charge in [0.1, 0.15) is 5.56 Å². The molecule has 2 aliphatic rings. The number of halogens is 6. The van der Waals surface area contributed by atoms with Gasteiger partial charge >= 0.3 is 12.4 Å². The second-order valence-corrected chi connectivity index (χ2v) is 9.58. The lowest BCUT2D eigenvalue weighted by molar-refractivity contribution is -0.388. The van der Waals surface area contributed by atoms with Crippen LogP contribution in [0.4, 0.5) is 43.4 Å². The van der Waals surface area contributed by atoms with Gasteiger partial charge in [0.05, 0.1) is 10.5 Å². The van der Waals surface area contributed by atoms with Gasteiger partial charge in [-0.2, -0.15) is 26.3 Å². The first-order valence-electron chi connectivity index (χ1n) is 12.4. The molecule has 0 aliphatic carbocycles. The molecular formula is C25H27F6N5O3. The second-order valence-electron chi connectivity index (χ2n) is 9.58. The Bertz CT molecular complexity index is 1180. The van der Waals surface area contributed by atoms with Gasteiger partial charge in [-0.15, -0.1) is 0 Å². The highest BCUT2D eigenvalue weighted by Gasteiger charge is 2.39. The summed E-state index contributed by atoms with van der Waals surface area (Å²) in [6, 6.07) is 7.52. The average molecular weight is 560 g/mol. The third-order valence-corrected chi connectivity index (χ3v) is 6.98. The zero-order valence-electron chi connectivity index (χ0n) is 20.8. The highest BCUT2D eigenvalue weighted by Crippen LogP contribution is 2.38. The van der Waals surface area contributed by atoms with E-state index in [1.807, 2.05) is 4.90 Å². The molecule has 1 N–H and O–H groups in total. The molecule has 2 fully saturated rings. The summed E-state index contributed by atoms with van der Waals surface area (Å²) in [5.74, 6) is -0.0795. The number of hydrogen-bond acceptors (Lipinski definition) is 6. The number of likely N-dealkylation sites (tertiary alicyclic amines) is 1. The van der Waals surface area contributed by atoms with Gasteiger partial charge < -0.3 is 15.1 Å². The van der Waals surface area contributed by atoms with Crippen molar-refractivity contribution >= 4 is 23.0 Å². The summed E-state index contributed by atoms with van der Waals surface area (Å²) in [4.78, 5) is 28.4. The molecule has 0 aromatic heterocycles. The summed E-state index contributed by atoms with van der Waals surface area (Å²) in [7, 11) is 0. The van der Waals surface area contributed by atoms with Crippen LogP contribution in [0, 0.1) is 10.1 Å². The largest absolute Gasteiger partial charge is 0.423 e. The van der Waals surface area contributed by atoms with Crippen LogP contribution in [0.15, 0.2) is 42.5 Å². The molecule has 2 aliphatic heterocycles. The predicted octanol–water partition coefficient (Wildman–Crippen LogP) is 4.86. The van der Waals surface area contributed by atoms with Crippen molar-refractivity contribution in [2.45, 2.75) is 31.2 Å². The number of anilines is 2. The fraction of sp³-hybridized carbons (Fsp3) is 0.480. The lowest BCUT2D eigenvalue weighted by atomic mass is 10.1. The molecule has 2 heterocycles. The van der Waals surface area contributed by atoms with Crippen molar-refractivity contribution in [3.8, 4) is 0 Å². The minimum absolute atomic E-state index is 0.0795. The van der Waals surface area contributed by atoms with E-state index in [1.165, 1.54) is 18.2 Å². The van der Waals surface area contributed by atoms with Gasteiger partial charge in [-0.3, -0.25) is 19.8 Å². The number of nitro benzene ring substituents is 1. The third-order valence-electron chi connectivity index (χ3n) is 6.98. The Morgan fingerprint density at radius 3 is 2.21 bits per heavy atom. The first-order chi connectivity index (χ1) is 18.3. The molecule has 0 radical (unpaired) electrons. The Morgan fingerprint density at radius 1 is 0.949 bits per heavy atom. The quantitative estimate of drug-likeness (QED) is 0.297. The first-order valence-corrected chi connectivity index (χ1v) is 12.4. The van der Waals surface area contributed by atoms with E-state index in [1.54, 1.807) is 4.90 Å². The lowest BCUT2D eigenvalue weighted by Gasteiger charge is -2.36. The third kappa shape index (κ3) is 7.11. The summed E-state index contributed by atoms with van der Waals surface area (Å²) in [6.07, 6.45) is -8.46. The van der Waals surface area contributed by atoms with Gasteiger partial charge in [-0.05, 0) is 42.8 Å². The molecule has 4 rings (SSSR count). The number of nitrogens with one attached hydrogen (secondary N) is 1. The van der Waals surface area contributed by atoms with Crippen LogP contribution in [0.25, 0.3) is 0 Å². The fourth-order valence-electron chi connectivity index (χ4n) is 4.86. The fourth-order valence-corrected chi connectivity index (χ4v) is 4.86. The van der Waals surface area contributed by atoms with Crippen molar-refractivity contribution < 1.29 is 36.1 Å². The number of nitro groups is 1. The van der Waals surface area contributed by atoms with E-state index in [2.05, 4.69) is 10.2 Å². The molecule has 0 saturated carbocycles. The topological polar surface area (TPSA) is 82.0 Å². The van der Waals surface area contributed by atoms with Gasteiger partial charge in [0.2, 0.25) is 5.91 Å². The lowest BCUT2D eigenvalue weighted by Crippen LogP contribution is -2.47. The summed E-state index contributed by atoms with van der Waals surface area (Å²) in [5.41, 5.74) is -2.23. The minimum Gasteiger partial charge on any atom is -0.380 e. The van der Waals surface area contributed by atoms with Gasteiger partial charge in [0.15, 0.2) is 0 Å². The van der Waals surface area contributed by atoms with Crippen LogP contribution in [0.3, 0.4) is 0 Å². The number of benzene rings is 2. The number of nitrogens with zero attached hydrogens (tertiary/aromatic N) is 4. The molecule has 8 nitrogen and oxygen atoms in total. The zero-order chi connectivity index (χ0) is 28.4. The average Bonchev–Trinajstić information content (AvgIpc) is 3.35. The maximum Gasteiger partial charge on any atom is 0.423 e. The van der Waals surface area contributed by atoms with E-state index in [0.29, 0.717) is 64.0 Å². The van der Waals surface area contributed by atoms with E-state index in [-0.39, 0.29) is 24.1 Å². The summed E-state index contributed by atoms with van der Waals surface area (Å²) in [6.45, 7) is 3.80. The first kappa shape index (κ1) is 28.5. The molecule has 2 aromatic carbocycles. The highest BCUT2D eigenvalue weighted by molar-refractivity contribution is 5.77. The smallest absolute Gasteiger partial charge is 0.380 e. The van der Waals surface area contributed by atoms with Crippen LogP contribution < -0.4 is 10.2 Å². The number of hydrogen-bond donors (Lipinski definition) is 1. The van der Waals surface area contributed by atoms with E-state index in [4.69, 9.17) is 0 Å². The monoisotopic (exact) mass is 559 g/mol. The van der Waals surface area contributed by atoms with Crippen molar-refractivity contribution in [3.05, 3.63) is 63.7 Å². The molecular weight excluding hydrogens is 532 g/mol. The number of amides is 1. The Labute approximate surface area is 220 Å². The van der Waals surface area contributed by atoms with E-state index >= 15 is 0 Å². The molecule has 39 heavy (non-hydrogen) atoms. The van der Waals surface area contributed by atoms with E-state index < -0.39 is 34.1 Å². The standard InChI is InChI=1S/C25H27F6N5O3/c26-24(27,28)17-1-4-20(5-2-17)34-13-11-33(12-14-34)9-8-23(37)35-10-7-19(16-35)32-18-3-6-22(36(38)39)21(15-18)25(29,30)31/h1-6,15,19,32H,7-14,16H2/t19-/m0/s1. The second kappa shape index (κ2) is 11.3. The number of carbonyl (C=O) groups is 1. The van der Waals surface area contributed by atoms with Crippen LogP contribution in [0.2, 0.25) is 0 Å². The van der Waals surface area contributed by atoms with Gasteiger partial charge in [-0.1, -0.05) is 0 Å². The van der Waals surface area contributed by atoms with Gasteiger partial charge in [0.25, 0.3) is 5.69 Å². The van der Waals surface area contributed by atoms with Gasteiger partial charge in [0, 0.05) is 75.7 Å². The van der Waals surface area contributed by atoms with Crippen molar-refractivity contribution in [3.63, 3.8) is 0 Å². The number of alkyl halides is 6. The summed E-state index contributed by atoms with van der Waals surface area (Å²) >= 11 is 0. The maximum atomic E-state index is 13.2. The number of carbonyl (C=O) groups excluding carboxylic acids is 1. The molecule has 0 unspecified atom stereocenters. The van der Waals surface area contributed by atoms with Crippen molar-refractivity contribution in [1.29, 1.82) is 0 Å². The zero-order valence-corrected chi connectivity index (χ0v) is 20.8. The molecule has 212 valence electrons. The number of piperazine rings is 1. The summed E-state index contributed by atoms with van der Waals surface area (Å²) < 4.78 is 78.0. The molecule has 1 atom stereocenters. The predicted molar refractivity (Wildman–Crippen MR) is 131 cm³/mol. The normalized spacial score (nSPS) is 18.9. The SMILES string of the molecule is O=C(CCN1CCN(c2ccc(C(F)(F)F)cc2)CC1)N1CC[C@H](Nc2ccc([N+](=O)[O-])c(C(F)(F)F)c2)C1. The molecule has 0 spiro atoms. The molecule has 0 bridgehead atoms. The van der Waals surface area contributed by atoms with Crippen LogP contribution in [0.1, 0.15) is 24.0 Å². The minimum atomic E-state index is -4.87. The van der Waals surface area contributed by atoms with Crippen LogP contribution in [-0.2, 0) is 17.1 Å². The highest BCUT2D eigenvalue weighted by atomic mass is 19.4. The maximum absolute atomic E-state index is 13.2. The Morgan fingerprint density at radius 2 is 1.62 bits per heavy atom. The van der Waals surface area contributed by atoms with Crippen LogP contribution in [0.5, 0.6) is 0 Å². The van der Waals surface area contributed by atoms with Crippen molar-refractivity contribution in [1.82, 2.24) is 9.80 Å². The van der Waals surface area contributed by atoms with E-state index in [0.717, 1.165) is 18.2 Å². The Balaban J connectivity index is 1.22.